The number of aryl methyl sites for hydroxylation is 2. The van der Waals surface area contributed by atoms with Gasteiger partial charge in [0.05, 0.1) is 0 Å². The topological polar surface area (TPSA) is 23.5 Å². The molecule has 2 aromatic carbocycles. The molecule has 0 atom stereocenters. The van der Waals surface area contributed by atoms with Gasteiger partial charge in [0.15, 0.2) is 0 Å². The van der Waals surface area contributed by atoms with Crippen molar-refractivity contribution in [3.63, 3.8) is 0 Å². The Kier molecular flexibility index (Phi) is 6.37. The predicted octanol–water partition coefficient (Wildman–Crippen LogP) is 5.36. The van der Waals surface area contributed by atoms with Crippen molar-refractivity contribution in [2.75, 3.05) is 12.0 Å². The molecule has 0 unspecified atom stereocenters. The van der Waals surface area contributed by atoms with E-state index in [1.807, 2.05) is 12.2 Å². The van der Waals surface area contributed by atoms with Crippen LogP contribution in [0.1, 0.15) is 34.7 Å². The Morgan fingerprint density at radius 2 is 1.92 bits per heavy atom. The number of benzene rings is 2. The minimum atomic E-state index is 0.895. The summed E-state index contributed by atoms with van der Waals surface area (Å²) in [5.74, 6) is 0. The third-order valence-electron chi connectivity index (χ3n) is 4.53. The van der Waals surface area contributed by atoms with Crippen LogP contribution >= 0.6 is 0 Å². The normalized spacial score (nSPS) is 12.8. The van der Waals surface area contributed by atoms with Crippen molar-refractivity contribution in [3.05, 3.63) is 89.5 Å². The fourth-order valence-corrected chi connectivity index (χ4v) is 3.06. The van der Waals surface area contributed by atoms with Crippen LogP contribution in [-0.4, -0.2) is 12.2 Å². The first-order valence-electron chi connectivity index (χ1n) is 8.57. The predicted molar refractivity (Wildman–Crippen MR) is 110 cm³/mol. The van der Waals surface area contributed by atoms with Crippen molar-refractivity contribution in [3.8, 4) is 0 Å². The number of rotatable bonds is 4. The molecule has 1 heterocycles. The van der Waals surface area contributed by atoms with Crippen molar-refractivity contribution in [1.82, 2.24) is 0 Å². The SMILES string of the molecule is C=C/C=C\c1cc(N2Cc3ccc(CC)cc3C2=C)ccc1C.CO. The largest absolute Gasteiger partial charge is 0.400 e. The number of hydrogen-bond donors (Lipinski definition) is 1. The maximum atomic E-state index is 7.00. The van der Waals surface area contributed by atoms with Crippen LogP contribution in [0, 0.1) is 6.92 Å². The molecule has 1 N–H and O–H groups in total. The number of nitrogens with zero attached hydrogens (tertiary/aromatic N) is 1. The summed E-state index contributed by atoms with van der Waals surface area (Å²) in [5, 5.41) is 7.00. The summed E-state index contributed by atoms with van der Waals surface area (Å²) in [6.07, 6.45) is 6.95. The molecule has 0 radical (unpaired) electrons. The molecule has 25 heavy (non-hydrogen) atoms. The lowest BCUT2D eigenvalue weighted by Gasteiger charge is -2.20. The molecule has 0 saturated carbocycles. The molecule has 1 aliphatic heterocycles. The van der Waals surface area contributed by atoms with E-state index in [4.69, 9.17) is 5.11 Å². The van der Waals surface area contributed by atoms with Gasteiger partial charge >= 0.3 is 0 Å². The number of allylic oxidation sites excluding steroid dienone is 2. The van der Waals surface area contributed by atoms with E-state index in [1.54, 1.807) is 0 Å². The number of hydrogen-bond acceptors (Lipinski definition) is 2. The highest BCUT2D eigenvalue weighted by atomic mass is 16.2. The molecule has 0 amide bonds. The Balaban J connectivity index is 0.00000109. The minimum Gasteiger partial charge on any atom is -0.400 e. The zero-order valence-corrected chi connectivity index (χ0v) is 15.4. The highest BCUT2D eigenvalue weighted by Gasteiger charge is 2.23. The molecule has 0 spiro atoms. The zero-order valence-electron chi connectivity index (χ0n) is 15.4. The molecular formula is C23H27NO. The standard InChI is InChI=1S/C22H23N.CH4O/c1-5-7-8-19-14-21(12-9-16(19)3)23-15-20-11-10-18(6-2)13-22(20)17(23)4;1-2/h5,7-14H,1,4,6,15H2,2-3H3;2H,1H3/b8-7-;. The molecule has 0 aliphatic carbocycles. The van der Waals surface area contributed by atoms with Gasteiger partial charge in [-0.2, -0.15) is 0 Å². The summed E-state index contributed by atoms with van der Waals surface area (Å²) in [7, 11) is 1.00. The molecular weight excluding hydrogens is 306 g/mol. The Bertz CT molecular complexity index is 802. The fourth-order valence-electron chi connectivity index (χ4n) is 3.06. The van der Waals surface area contributed by atoms with E-state index in [9.17, 15) is 0 Å². The van der Waals surface area contributed by atoms with E-state index in [1.165, 1.54) is 33.5 Å². The maximum absolute atomic E-state index is 7.00. The van der Waals surface area contributed by atoms with E-state index in [0.29, 0.717) is 0 Å². The number of aliphatic hydroxyl groups is 1. The average Bonchev–Trinajstić information content (AvgIpc) is 2.99. The Morgan fingerprint density at radius 1 is 1.16 bits per heavy atom. The number of fused-ring (bicyclic) bond motifs is 1. The number of aliphatic hydroxyl groups excluding tert-OH is 1. The molecule has 3 rings (SSSR count). The average molecular weight is 333 g/mol. The van der Waals surface area contributed by atoms with Crippen LogP contribution in [0.4, 0.5) is 5.69 Å². The van der Waals surface area contributed by atoms with E-state index in [2.05, 4.69) is 74.4 Å². The van der Waals surface area contributed by atoms with Gasteiger partial charge in [-0.25, -0.2) is 0 Å². The van der Waals surface area contributed by atoms with Crippen LogP contribution in [0.5, 0.6) is 0 Å². The highest BCUT2D eigenvalue weighted by Crippen LogP contribution is 2.37. The first-order chi connectivity index (χ1) is 12.1. The Hall–Kier alpha value is -2.58. The lowest BCUT2D eigenvalue weighted by atomic mass is 10.0. The first kappa shape index (κ1) is 18.8. The van der Waals surface area contributed by atoms with Crippen molar-refractivity contribution < 1.29 is 5.11 Å². The van der Waals surface area contributed by atoms with Gasteiger partial charge in [-0.1, -0.05) is 56.5 Å². The van der Waals surface area contributed by atoms with Crippen LogP contribution in [0.15, 0.2) is 61.7 Å². The van der Waals surface area contributed by atoms with Gasteiger partial charge in [-0.15, -0.1) is 0 Å². The quantitative estimate of drug-likeness (QED) is 0.762. The molecule has 2 heteroatoms. The fraction of sp³-hybridized carbons (Fsp3) is 0.217. The molecule has 2 aromatic rings. The third-order valence-corrected chi connectivity index (χ3v) is 4.53. The van der Waals surface area contributed by atoms with Gasteiger partial charge in [0.2, 0.25) is 0 Å². The van der Waals surface area contributed by atoms with Crippen molar-refractivity contribution in [1.29, 1.82) is 0 Å². The summed E-state index contributed by atoms with van der Waals surface area (Å²) >= 11 is 0. The van der Waals surface area contributed by atoms with Crippen LogP contribution in [0.2, 0.25) is 0 Å². The summed E-state index contributed by atoms with van der Waals surface area (Å²) in [4.78, 5) is 2.30. The van der Waals surface area contributed by atoms with Gasteiger partial charge in [-0.05, 0) is 53.8 Å². The second-order valence-electron chi connectivity index (χ2n) is 6.01. The third kappa shape index (κ3) is 3.92. The summed E-state index contributed by atoms with van der Waals surface area (Å²) in [6, 6.07) is 13.3. The Morgan fingerprint density at radius 3 is 2.60 bits per heavy atom. The molecule has 0 aromatic heterocycles. The molecule has 2 nitrogen and oxygen atoms in total. The van der Waals surface area contributed by atoms with Gasteiger partial charge in [-0.3, -0.25) is 0 Å². The second-order valence-corrected chi connectivity index (χ2v) is 6.01. The smallest absolute Gasteiger partial charge is 0.0488 e. The second kappa shape index (κ2) is 8.50. The van der Waals surface area contributed by atoms with E-state index in [0.717, 1.165) is 25.8 Å². The maximum Gasteiger partial charge on any atom is 0.0488 e. The molecule has 0 fully saturated rings. The van der Waals surface area contributed by atoms with Gasteiger partial charge in [0.25, 0.3) is 0 Å². The zero-order chi connectivity index (χ0) is 18.4. The van der Waals surface area contributed by atoms with E-state index < -0.39 is 0 Å². The van der Waals surface area contributed by atoms with Crippen molar-refractivity contribution >= 4 is 17.5 Å². The van der Waals surface area contributed by atoms with Crippen molar-refractivity contribution in [2.45, 2.75) is 26.8 Å². The monoisotopic (exact) mass is 333 g/mol. The lowest BCUT2D eigenvalue weighted by molar-refractivity contribution is 0.399. The number of anilines is 1. The van der Waals surface area contributed by atoms with E-state index >= 15 is 0 Å². The van der Waals surface area contributed by atoms with Crippen LogP contribution in [0.25, 0.3) is 11.8 Å². The Labute approximate surface area is 151 Å². The van der Waals surface area contributed by atoms with Crippen LogP contribution < -0.4 is 4.90 Å². The summed E-state index contributed by atoms with van der Waals surface area (Å²) < 4.78 is 0. The van der Waals surface area contributed by atoms with E-state index in [-0.39, 0.29) is 0 Å². The molecule has 0 saturated heterocycles. The van der Waals surface area contributed by atoms with Gasteiger partial charge in [0, 0.05) is 30.6 Å². The lowest BCUT2D eigenvalue weighted by Crippen LogP contribution is -2.13. The summed E-state index contributed by atoms with van der Waals surface area (Å²) in [6.45, 7) is 13.3. The van der Waals surface area contributed by atoms with Crippen LogP contribution in [-0.2, 0) is 13.0 Å². The molecule has 0 bridgehead atoms. The summed E-state index contributed by atoms with van der Waals surface area (Å²) in [5.41, 5.74) is 8.79. The van der Waals surface area contributed by atoms with Crippen molar-refractivity contribution in [2.24, 2.45) is 0 Å². The first-order valence-corrected chi connectivity index (χ1v) is 8.57. The highest BCUT2D eigenvalue weighted by molar-refractivity contribution is 5.84. The van der Waals surface area contributed by atoms with Gasteiger partial charge < -0.3 is 10.0 Å². The van der Waals surface area contributed by atoms with Crippen LogP contribution in [0.3, 0.4) is 0 Å². The molecule has 130 valence electrons. The minimum absolute atomic E-state index is 0.895. The van der Waals surface area contributed by atoms with Gasteiger partial charge in [0.1, 0.15) is 0 Å². The molecule has 1 aliphatic rings.